The van der Waals surface area contributed by atoms with Crippen LogP contribution in [-0.4, -0.2) is 24.5 Å². The number of hydrogen-bond acceptors (Lipinski definition) is 5. The van der Waals surface area contributed by atoms with Crippen molar-refractivity contribution in [2.24, 2.45) is 0 Å². The molecule has 0 fully saturated rings. The van der Waals surface area contributed by atoms with Crippen molar-refractivity contribution < 1.29 is 9.66 Å². The lowest BCUT2D eigenvalue weighted by molar-refractivity contribution is -0.384. The fourth-order valence-electron chi connectivity index (χ4n) is 5.11. The molecular formula is C29H25N5O3. The van der Waals surface area contributed by atoms with Gasteiger partial charge in [-0.25, -0.2) is 9.36 Å². The van der Waals surface area contributed by atoms with Gasteiger partial charge in [-0.05, 0) is 30.5 Å². The molecule has 0 spiro atoms. The van der Waals surface area contributed by atoms with E-state index >= 15 is 0 Å². The second-order valence-corrected chi connectivity index (χ2v) is 9.28. The minimum atomic E-state index is -0.378. The number of benzene rings is 3. The Balaban J connectivity index is 1.51. The second-order valence-electron chi connectivity index (χ2n) is 9.28. The number of aryl methyl sites for hydroxylation is 2. The van der Waals surface area contributed by atoms with E-state index in [-0.39, 0.29) is 16.5 Å². The van der Waals surface area contributed by atoms with Crippen molar-refractivity contribution in [2.45, 2.75) is 32.9 Å². The molecule has 0 N–H and O–H groups in total. The summed E-state index contributed by atoms with van der Waals surface area (Å²) >= 11 is 0. The van der Waals surface area contributed by atoms with E-state index in [2.05, 4.69) is 24.3 Å². The van der Waals surface area contributed by atoms with Gasteiger partial charge in [0.1, 0.15) is 0 Å². The van der Waals surface area contributed by atoms with Crippen LogP contribution in [0.4, 0.5) is 5.69 Å². The molecule has 37 heavy (non-hydrogen) atoms. The Labute approximate surface area is 213 Å². The van der Waals surface area contributed by atoms with Crippen molar-refractivity contribution in [1.29, 1.82) is 0 Å². The summed E-state index contributed by atoms with van der Waals surface area (Å²) in [5, 5.41) is 21.0. The average molecular weight is 492 g/mol. The summed E-state index contributed by atoms with van der Waals surface area (Å²) in [5.41, 5.74) is 6.85. The van der Waals surface area contributed by atoms with Gasteiger partial charge in [-0.1, -0.05) is 72.8 Å². The summed E-state index contributed by atoms with van der Waals surface area (Å²) in [7, 11) is 0. The molecule has 0 radical (unpaired) electrons. The predicted molar refractivity (Wildman–Crippen MR) is 139 cm³/mol. The van der Waals surface area contributed by atoms with Gasteiger partial charge in [-0.2, -0.15) is 10.2 Å². The Morgan fingerprint density at radius 1 is 0.757 bits per heavy atom. The minimum Gasteiger partial charge on any atom is -0.421 e. The van der Waals surface area contributed by atoms with Crippen molar-refractivity contribution in [3.63, 3.8) is 0 Å². The fraction of sp³-hybridized carbons (Fsp3) is 0.172. The molecule has 1 aliphatic rings. The normalized spacial score (nSPS) is 12.6. The molecule has 0 unspecified atom stereocenters. The van der Waals surface area contributed by atoms with Crippen LogP contribution >= 0.6 is 0 Å². The van der Waals surface area contributed by atoms with Crippen LogP contribution in [0.5, 0.6) is 11.8 Å². The molecule has 0 amide bonds. The van der Waals surface area contributed by atoms with E-state index < -0.39 is 0 Å². The maximum atomic E-state index is 11.3. The van der Waals surface area contributed by atoms with Crippen LogP contribution in [0.1, 0.15) is 45.1 Å². The van der Waals surface area contributed by atoms with Crippen molar-refractivity contribution in [3.05, 3.63) is 134 Å². The largest absolute Gasteiger partial charge is 0.421 e. The van der Waals surface area contributed by atoms with Gasteiger partial charge in [0.25, 0.3) is 5.69 Å². The number of ether oxygens (including phenoxy) is 1. The fourth-order valence-corrected chi connectivity index (χ4v) is 5.11. The Bertz CT molecular complexity index is 1500. The number of nitrogens with zero attached hydrogens (tertiary/aromatic N) is 5. The maximum absolute atomic E-state index is 11.3. The van der Waals surface area contributed by atoms with E-state index in [0.717, 1.165) is 39.2 Å². The van der Waals surface area contributed by atoms with Crippen molar-refractivity contribution >= 4 is 5.69 Å². The summed E-state index contributed by atoms with van der Waals surface area (Å²) in [6.45, 7) is 5.09. The minimum absolute atomic E-state index is 0.0595. The van der Waals surface area contributed by atoms with Crippen LogP contribution in [0.3, 0.4) is 0 Å². The molecule has 0 aliphatic carbocycles. The van der Waals surface area contributed by atoms with E-state index in [0.29, 0.717) is 24.8 Å². The third-order valence-corrected chi connectivity index (χ3v) is 6.81. The molecule has 0 saturated carbocycles. The summed E-state index contributed by atoms with van der Waals surface area (Å²) in [5.74, 6) is 1.13. The van der Waals surface area contributed by atoms with Crippen LogP contribution in [0.15, 0.2) is 84.9 Å². The summed E-state index contributed by atoms with van der Waals surface area (Å²) in [4.78, 5) is 10.9. The molecule has 2 aromatic heterocycles. The highest BCUT2D eigenvalue weighted by molar-refractivity contribution is 5.58. The molecule has 3 aromatic carbocycles. The summed E-state index contributed by atoms with van der Waals surface area (Å²) in [6.07, 6.45) is 0. The molecular weight excluding hydrogens is 466 g/mol. The zero-order chi connectivity index (χ0) is 25.5. The first-order valence-corrected chi connectivity index (χ1v) is 12.1. The molecule has 0 atom stereocenters. The molecule has 0 bridgehead atoms. The monoisotopic (exact) mass is 491 g/mol. The van der Waals surface area contributed by atoms with E-state index in [1.807, 2.05) is 71.7 Å². The Kier molecular flexibility index (Phi) is 5.56. The first kappa shape index (κ1) is 22.7. The zero-order valence-corrected chi connectivity index (χ0v) is 20.5. The van der Waals surface area contributed by atoms with Crippen LogP contribution in [0.25, 0.3) is 0 Å². The van der Waals surface area contributed by atoms with Crippen molar-refractivity contribution in [1.82, 2.24) is 19.6 Å². The molecule has 8 heteroatoms. The lowest BCUT2D eigenvalue weighted by Crippen LogP contribution is -2.15. The van der Waals surface area contributed by atoms with Crippen LogP contribution < -0.4 is 4.74 Å². The van der Waals surface area contributed by atoms with Gasteiger partial charge in [0.15, 0.2) is 0 Å². The Morgan fingerprint density at radius 3 is 1.65 bits per heavy atom. The van der Waals surface area contributed by atoms with E-state index in [1.165, 1.54) is 0 Å². The van der Waals surface area contributed by atoms with Gasteiger partial charge in [0.2, 0.25) is 11.8 Å². The second kappa shape index (κ2) is 9.05. The number of rotatable bonds is 6. The molecule has 5 aromatic rings. The number of non-ortho nitro benzene ring substituents is 1. The van der Waals surface area contributed by atoms with Gasteiger partial charge in [-0.15, -0.1) is 0 Å². The molecule has 3 heterocycles. The number of nitro benzene ring substituents is 1. The Hall–Kier alpha value is -4.72. The van der Waals surface area contributed by atoms with Crippen molar-refractivity contribution in [2.75, 3.05) is 0 Å². The highest BCUT2D eigenvalue weighted by Crippen LogP contribution is 2.50. The smallest absolute Gasteiger partial charge is 0.269 e. The van der Waals surface area contributed by atoms with Crippen molar-refractivity contribution in [3.8, 4) is 11.8 Å². The standard InChI is InChI=1S/C29H25N5O3/c1-19-25-27(23-13-15-24(16-14-23)34(35)36)26-20(2)31-33(18-22-11-7-4-8-12-22)29(26)37-28(25)32(30-19)17-21-9-5-3-6-10-21/h3-16,27H,17-18H2,1-2H3. The lowest BCUT2D eigenvalue weighted by Gasteiger charge is -2.26. The molecule has 184 valence electrons. The van der Waals surface area contributed by atoms with Gasteiger partial charge in [0.05, 0.1) is 29.4 Å². The predicted octanol–water partition coefficient (Wildman–Crippen LogP) is 5.99. The summed E-state index contributed by atoms with van der Waals surface area (Å²) in [6, 6.07) is 27.0. The van der Waals surface area contributed by atoms with Crippen LogP contribution in [0, 0.1) is 24.0 Å². The van der Waals surface area contributed by atoms with Crippen LogP contribution in [-0.2, 0) is 13.1 Å². The van der Waals surface area contributed by atoms with E-state index in [1.54, 1.807) is 12.1 Å². The quantitative estimate of drug-likeness (QED) is 0.211. The number of nitro groups is 1. The Morgan fingerprint density at radius 2 is 1.22 bits per heavy atom. The number of hydrogen-bond donors (Lipinski definition) is 0. The SMILES string of the molecule is Cc1nn(Cc2ccccc2)c2c1C(c1ccc([N+](=O)[O-])cc1)c1c(C)nn(Cc3ccccc3)c1O2. The van der Waals surface area contributed by atoms with Gasteiger partial charge in [0, 0.05) is 29.2 Å². The van der Waals surface area contributed by atoms with Gasteiger partial charge in [-0.3, -0.25) is 10.1 Å². The lowest BCUT2D eigenvalue weighted by atomic mass is 9.83. The molecule has 0 saturated heterocycles. The van der Waals surface area contributed by atoms with Gasteiger partial charge >= 0.3 is 0 Å². The first-order chi connectivity index (χ1) is 18.0. The van der Waals surface area contributed by atoms with E-state index in [9.17, 15) is 10.1 Å². The number of aromatic nitrogens is 4. The van der Waals surface area contributed by atoms with Crippen LogP contribution in [0.2, 0.25) is 0 Å². The molecule has 8 nitrogen and oxygen atoms in total. The topological polar surface area (TPSA) is 88.0 Å². The molecule has 6 rings (SSSR count). The average Bonchev–Trinajstić information content (AvgIpc) is 3.39. The number of fused-ring (bicyclic) bond motifs is 2. The summed E-state index contributed by atoms with van der Waals surface area (Å²) < 4.78 is 10.4. The first-order valence-electron chi connectivity index (χ1n) is 12.1. The highest BCUT2D eigenvalue weighted by atomic mass is 16.6. The third kappa shape index (κ3) is 4.06. The zero-order valence-electron chi connectivity index (χ0n) is 20.5. The van der Waals surface area contributed by atoms with E-state index in [4.69, 9.17) is 14.9 Å². The molecule has 1 aliphatic heterocycles. The van der Waals surface area contributed by atoms with Gasteiger partial charge < -0.3 is 4.74 Å². The third-order valence-electron chi connectivity index (χ3n) is 6.81. The highest BCUT2D eigenvalue weighted by Gasteiger charge is 2.38. The maximum Gasteiger partial charge on any atom is 0.269 e.